The molecule has 6 nitrogen and oxygen atoms in total. The van der Waals surface area contributed by atoms with Crippen molar-refractivity contribution in [3.05, 3.63) is 68.4 Å². The molecule has 0 saturated heterocycles. The zero-order valence-electron chi connectivity index (χ0n) is 16.7. The first kappa shape index (κ1) is 18.9. The van der Waals surface area contributed by atoms with Crippen LogP contribution >= 0.6 is 11.3 Å². The van der Waals surface area contributed by atoms with Gasteiger partial charge < -0.3 is 5.11 Å². The van der Waals surface area contributed by atoms with Gasteiger partial charge >= 0.3 is 0 Å². The highest BCUT2D eigenvalue weighted by atomic mass is 32.1. The van der Waals surface area contributed by atoms with Crippen LogP contribution in [-0.2, 0) is 4.79 Å². The van der Waals surface area contributed by atoms with Crippen molar-refractivity contribution in [2.45, 2.75) is 45.1 Å². The minimum Gasteiger partial charge on any atom is -0.493 e. The Kier molecular flexibility index (Phi) is 4.83. The first-order valence-corrected chi connectivity index (χ1v) is 11.1. The maximum Gasteiger partial charge on any atom is 0.279 e. The number of carbonyl (C=O) groups is 1. The van der Waals surface area contributed by atoms with E-state index in [-0.39, 0.29) is 17.8 Å². The first-order chi connectivity index (χ1) is 14.6. The van der Waals surface area contributed by atoms with Crippen molar-refractivity contribution in [2.75, 3.05) is 0 Å². The van der Waals surface area contributed by atoms with E-state index in [2.05, 4.69) is 9.98 Å². The number of para-hydroxylation sites is 1. The number of pyridine rings is 1. The highest BCUT2D eigenvalue weighted by Crippen LogP contribution is 2.36. The van der Waals surface area contributed by atoms with Gasteiger partial charge in [-0.1, -0.05) is 54.9 Å². The second-order valence-corrected chi connectivity index (χ2v) is 8.73. The highest BCUT2D eigenvalue weighted by Gasteiger charge is 2.28. The van der Waals surface area contributed by atoms with Crippen LogP contribution in [0, 0.1) is 6.92 Å². The Morgan fingerprint density at radius 2 is 1.90 bits per heavy atom. The third-order valence-corrected chi connectivity index (χ3v) is 6.75. The van der Waals surface area contributed by atoms with E-state index in [1.165, 1.54) is 17.8 Å². The quantitative estimate of drug-likeness (QED) is 0.710. The number of aryl methyl sites for hydroxylation is 1. The van der Waals surface area contributed by atoms with Crippen LogP contribution < -0.4 is 15.4 Å². The van der Waals surface area contributed by atoms with E-state index < -0.39 is 0 Å². The molecular weight excluding hydrogens is 396 g/mol. The van der Waals surface area contributed by atoms with Crippen LogP contribution in [0.2, 0.25) is 0 Å². The maximum absolute atomic E-state index is 12.7. The Bertz CT molecular complexity index is 1330. The summed E-state index contributed by atoms with van der Waals surface area (Å²) in [4.78, 5) is 27.3. The van der Waals surface area contributed by atoms with Gasteiger partial charge in [0.2, 0.25) is 5.88 Å². The molecule has 1 saturated carbocycles. The monoisotopic (exact) mass is 418 g/mol. The van der Waals surface area contributed by atoms with E-state index in [0.29, 0.717) is 26.4 Å². The van der Waals surface area contributed by atoms with Gasteiger partial charge in [0.05, 0.1) is 10.9 Å². The minimum absolute atomic E-state index is 0.105. The lowest BCUT2D eigenvalue weighted by molar-refractivity contribution is -0.112. The molecule has 7 heteroatoms. The van der Waals surface area contributed by atoms with Crippen LogP contribution in [0.4, 0.5) is 5.82 Å². The lowest BCUT2D eigenvalue weighted by Crippen LogP contribution is -2.23. The van der Waals surface area contributed by atoms with Crippen molar-refractivity contribution in [1.82, 2.24) is 9.55 Å². The average Bonchev–Trinajstić information content (AvgIpc) is 3.24. The molecule has 5 rings (SSSR count). The smallest absolute Gasteiger partial charge is 0.279 e. The minimum atomic E-state index is -0.316. The zero-order valence-corrected chi connectivity index (χ0v) is 17.5. The molecule has 0 spiro atoms. The summed E-state index contributed by atoms with van der Waals surface area (Å²) in [6.07, 6.45) is 5.43. The predicted molar refractivity (Wildman–Crippen MR) is 115 cm³/mol. The Morgan fingerprint density at radius 3 is 2.70 bits per heavy atom. The molecule has 30 heavy (non-hydrogen) atoms. The maximum atomic E-state index is 12.7. The molecule has 1 aliphatic heterocycles. The summed E-state index contributed by atoms with van der Waals surface area (Å²) in [5, 5.41) is 12.7. The van der Waals surface area contributed by atoms with Crippen molar-refractivity contribution in [3.8, 4) is 5.88 Å². The van der Waals surface area contributed by atoms with Gasteiger partial charge in [0, 0.05) is 17.0 Å². The van der Waals surface area contributed by atoms with Gasteiger partial charge in [0.1, 0.15) is 4.88 Å². The summed E-state index contributed by atoms with van der Waals surface area (Å²) in [7, 11) is 0. The summed E-state index contributed by atoms with van der Waals surface area (Å²) in [5.41, 5.74) is 1.34. The molecule has 1 N–H and O–H groups in total. The van der Waals surface area contributed by atoms with Crippen LogP contribution in [0.15, 0.2) is 52.4 Å². The van der Waals surface area contributed by atoms with E-state index in [1.807, 2.05) is 54.0 Å². The van der Waals surface area contributed by atoms with Crippen LogP contribution in [0.3, 0.4) is 0 Å². The normalized spacial score (nSPS) is 17.3. The average molecular weight is 419 g/mol. The van der Waals surface area contributed by atoms with E-state index in [4.69, 9.17) is 4.99 Å². The van der Waals surface area contributed by atoms with Crippen LogP contribution in [0.1, 0.15) is 48.7 Å². The second kappa shape index (κ2) is 7.65. The fourth-order valence-electron chi connectivity index (χ4n) is 4.27. The summed E-state index contributed by atoms with van der Waals surface area (Å²) >= 11 is 1.33. The lowest BCUT2D eigenvalue weighted by Gasteiger charge is -2.23. The standard InChI is InChI=1S/C23H22N4O2S/c1-14-8-7-13-18(24-14)26-23-27(15-9-3-2-4-10-15)22(29)20(30-23)19-16-11-5-6-12-17(16)25-21(19)28/h5-8,11-13,15,29H,2-4,9-10H2,1H3/b26-23+. The summed E-state index contributed by atoms with van der Waals surface area (Å²) < 4.78 is 1.91. The van der Waals surface area contributed by atoms with Gasteiger partial charge in [-0.05, 0) is 38.0 Å². The van der Waals surface area contributed by atoms with Crippen LogP contribution in [-0.4, -0.2) is 20.6 Å². The van der Waals surface area contributed by atoms with Gasteiger partial charge in [0.25, 0.3) is 5.91 Å². The van der Waals surface area contributed by atoms with Crippen molar-refractivity contribution in [1.29, 1.82) is 0 Å². The number of fused-ring (bicyclic) bond motifs is 1. The number of aromatic nitrogens is 2. The number of thiazole rings is 1. The number of rotatable bonds is 3. The van der Waals surface area contributed by atoms with Crippen LogP contribution in [0.25, 0.3) is 5.57 Å². The van der Waals surface area contributed by atoms with Crippen molar-refractivity contribution >= 4 is 28.6 Å². The Morgan fingerprint density at radius 1 is 1.10 bits per heavy atom. The molecule has 3 heterocycles. The Hall–Kier alpha value is -3.06. The van der Waals surface area contributed by atoms with E-state index >= 15 is 0 Å². The molecule has 1 aliphatic carbocycles. The third-order valence-electron chi connectivity index (χ3n) is 5.69. The van der Waals surface area contributed by atoms with Crippen molar-refractivity contribution in [3.63, 3.8) is 0 Å². The number of carbonyl (C=O) groups excluding carboxylic acids is 1. The Balaban J connectivity index is 1.76. The number of amides is 1. The summed E-state index contributed by atoms with van der Waals surface area (Å²) in [5.74, 6) is 0.387. The van der Waals surface area contributed by atoms with E-state index in [0.717, 1.165) is 36.6 Å². The fourth-order valence-corrected chi connectivity index (χ4v) is 5.41. The predicted octanol–water partition coefficient (Wildman–Crippen LogP) is 3.06. The zero-order chi connectivity index (χ0) is 20.7. The Labute approximate surface area is 177 Å². The molecule has 0 radical (unpaired) electrons. The first-order valence-electron chi connectivity index (χ1n) is 10.3. The number of hydrogen-bond acceptors (Lipinski definition) is 5. The summed E-state index contributed by atoms with van der Waals surface area (Å²) in [6.45, 7) is 1.93. The molecule has 0 bridgehead atoms. The van der Waals surface area contributed by atoms with Crippen LogP contribution in [0.5, 0.6) is 5.88 Å². The fraction of sp³-hybridized carbons (Fsp3) is 0.304. The SMILES string of the molecule is Cc1cccc(/N=c2/sc(C3=c4ccccc4=NC3=O)c(O)n2C2CCCCC2)n1. The number of benzene rings is 1. The van der Waals surface area contributed by atoms with Gasteiger partial charge in [-0.25, -0.2) is 15.0 Å². The number of aromatic hydroxyl groups is 1. The molecule has 0 unspecified atom stereocenters. The molecule has 3 aromatic rings. The van der Waals surface area contributed by atoms with Gasteiger partial charge in [-0.15, -0.1) is 0 Å². The summed E-state index contributed by atoms with van der Waals surface area (Å²) in [6, 6.07) is 13.3. The largest absolute Gasteiger partial charge is 0.493 e. The highest BCUT2D eigenvalue weighted by molar-refractivity contribution is 7.11. The molecule has 2 aliphatic rings. The van der Waals surface area contributed by atoms with Crippen molar-refractivity contribution in [2.24, 2.45) is 9.98 Å². The van der Waals surface area contributed by atoms with E-state index in [1.54, 1.807) is 0 Å². The van der Waals surface area contributed by atoms with Gasteiger partial charge in [-0.3, -0.25) is 9.36 Å². The lowest BCUT2D eigenvalue weighted by atomic mass is 9.95. The molecule has 0 atom stereocenters. The molecular formula is C23H22N4O2S. The molecule has 1 amide bonds. The van der Waals surface area contributed by atoms with Gasteiger partial charge in [-0.2, -0.15) is 0 Å². The number of nitrogens with zero attached hydrogens (tertiary/aromatic N) is 4. The second-order valence-electron chi connectivity index (χ2n) is 7.76. The van der Waals surface area contributed by atoms with Gasteiger partial charge in [0.15, 0.2) is 10.6 Å². The topological polar surface area (TPSA) is 79.8 Å². The molecule has 152 valence electrons. The third kappa shape index (κ3) is 3.29. The number of hydrogen-bond donors (Lipinski definition) is 1. The molecule has 1 fully saturated rings. The molecule has 1 aromatic carbocycles. The molecule has 2 aromatic heterocycles. The van der Waals surface area contributed by atoms with Crippen molar-refractivity contribution < 1.29 is 9.90 Å². The van der Waals surface area contributed by atoms with E-state index in [9.17, 15) is 9.90 Å².